The molecule has 4 heteroatoms. The van der Waals surface area contributed by atoms with Crippen molar-refractivity contribution in [2.24, 2.45) is 5.73 Å². The van der Waals surface area contributed by atoms with Gasteiger partial charge in [-0.1, -0.05) is 35.4 Å². The molecule has 0 radical (unpaired) electrons. The van der Waals surface area contributed by atoms with E-state index < -0.39 is 0 Å². The summed E-state index contributed by atoms with van der Waals surface area (Å²) >= 11 is 0. The van der Waals surface area contributed by atoms with Crippen molar-refractivity contribution in [2.45, 2.75) is 13.8 Å². The summed E-state index contributed by atoms with van der Waals surface area (Å²) in [5.41, 5.74) is 10.6. The summed E-state index contributed by atoms with van der Waals surface area (Å²) in [6, 6.07) is 17.3. The van der Waals surface area contributed by atoms with Crippen molar-refractivity contribution < 1.29 is 0 Å². The van der Waals surface area contributed by atoms with Crippen LogP contribution in [0.4, 0.5) is 11.4 Å². The summed E-state index contributed by atoms with van der Waals surface area (Å²) in [6.45, 7) is 9.55. The first kappa shape index (κ1) is 18.3. The predicted molar refractivity (Wildman–Crippen MR) is 105 cm³/mol. The Hall–Kier alpha value is -2.04. The van der Waals surface area contributed by atoms with Gasteiger partial charge in [-0.25, -0.2) is 0 Å². The molecule has 0 aromatic heterocycles. The fourth-order valence-electron chi connectivity index (χ4n) is 2.57. The van der Waals surface area contributed by atoms with Crippen LogP contribution in [0.5, 0.6) is 0 Å². The van der Waals surface area contributed by atoms with Crippen LogP contribution in [0, 0.1) is 13.8 Å². The highest BCUT2D eigenvalue weighted by Gasteiger charge is 2.06. The van der Waals surface area contributed by atoms with Crippen LogP contribution in [0.1, 0.15) is 11.1 Å². The molecule has 0 amide bonds. The van der Waals surface area contributed by atoms with E-state index in [-0.39, 0.29) is 0 Å². The van der Waals surface area contributed by atoms with Gasteiger partial charge in [0.25, 0.3) is 0 Å². The summed E-state index contributed by atoms with van der Waals surface area (Å²) in [7, 11) is 0. The summed E-state index contributed by atoms with van der Waals surface area (Å²) in [5, 5.41) is 6.88. The third-order valence-electron chi connectivity index (χ3n) is 4.04. The molecule has 0 spiro atoms. The molecule has 0 saturated carbocycles. The molecule has 4 N–H and O–H groups in total. The van der Waals surface area contributed by atoms with E-state index in [4.69, 9.17) is 5.73 Å². The number of aryl methyl sites for hydroxylation is 2. The minimum atomic E-state index is 0.680. The monoisotopic (exact) mass is 326 g/mol. The minimum Gasteiger partial charge on any atom is -0.383 e. The number of nitrogens with zero attached hydrogens (tertiary/aromatic N) is 1. The SMILES string of the molecule is Cc1ccc(NCCN(CCNCCN)c2ccc(C)cc2)cc1. The van der Waals surface area contributed by atoms with Crippen molar-refractivity contribution in [3.8, 4) is 0 Å². The largest absolute Gasteiger partial charge is 0.383 e. The lowest BCUT2D eigenvalue weighted by Gasteiger charge is -2.25. The first-order valence-corrected chi connectivity index (χ1v) is 8.72. The molecular formula is C20H30N4. The first-order chi connectivity index (χ1) is 11.7. The van der Waals surface area contributed by atoms with Gasteiger partial charge in [-0.15, -0.1) is 0 Å². The maximum Gasteiger partial charge on any atom is 0.0367 e. The quantitative estimate of drug-likeness (QED) is 0.588. The third kappa shape index (κ3) is 6.22. The van der Waals surface area contributed by atoms with Gasteiger partial charge in [0.15, 0.2) is 0 Å². The van der Waals surface area contributed by atoms with Gasteiger partial charge < -0.3 is 21.3 Å². The van der Waals surface area contributed by atoms with Crippen LogP contribution in [0.25, 0.3) is 0 Å². The van der Waals surface area contributed by atoms with Crippen molar-refractivity contribution in [1.82, 2.24) is 5.32 Å². The molecule has 0 atom stereocenters. The molecule has 0 saturated heterocycles. The smallest absolute Gasteiger partial charge is 0.0367 e. The zero-order valence-electron chi connectivity index (χ0n) is 14.9. The zero-order valence-corrected chi connectivity index (χ0v) is 14.9. The van der Waals surface area contributed by atoms with E-state index in [0.717, 1.165) is 32.7 Å². The molecule has 4 nitrogen and oxygen atoms in total. The average molecular weight is 326 g/mol. The van der Waals surface area contributed by atoms with Crippen molar-refractivity contribution >= 4 is 11.4 Å². The van der Waals surface area contributed by atoms with Gasteiger partial charge in [-0.3, -0.25) is 0 Å². The molecule has 0 fully saturated rings. The maximum absolute atomic E-state index is 5.54. The van der Waals surface area contributed by atoms with Gasteiger partial charge >= 0.3 is 0 Å². The van der Waals surface area contributed by atoms with E-state index >= 15 is 0 Å². The number of hydrogen-bond acceptors (Lipinski definition) is 4. The molecule has 0 aliphatic carbocycles. The topological polar surface area (TPSA) is 53.3 Å². The summed E-state index contributed by atoms with van der Waals surface area (Å²) in [6.07, 6.45) is 0. The lowest BCUT2D eigenvalue weighted by Crippen LogP contribution is -2.36. The summed E-state index contributed by atoms with van der Waals surface area (Å²) in [5.74, 6) is 0. The van der Waals surface area contributed by atoms with E-state index in [2.05, 4.69) is 77.9 Å². The van der Waals surface area contributed by atoms with Gasteiger partial charge in [0.2, 0.25) is 0 Å². The van der Waals surface area contributed by atoms with Crippen LogP contribution < -0.4 is 21.3 Å². The molecule has 130 valence electrons. The first-order valence-electron chi connectivity index (χ1n) is 8.72. The third-order valence-corrected chi connectivity index (χ3v) is 4.04. The van der Waals surface area contributed by atoms with Crippen molar-refractivity contribution in [3.05, 3.63) is 59.7 Å². The molecule has 0 bridgehead atoms. The molecular weight excluding hydrogens is 296 g/mol. The van der Waals surface area contributed by atoms with E-state index in [1.54, 1.807) is 0 Å². The fraction of sp³-hybridized carbons (Fsp3) is 0.400. The van der Waals surface area contributed by atoms with Gasteiger partial charge in [0, 0.05) is 50.6 Å². The fourth-order valence-corrected chi connectivity index (χ4v) is 2.57. The number of anilines is 2. The standard InChI is InChI=1S/C20H30N4/c1-17-3-7-19(8-4-17)23-14-16-24(15-13-22-12-11-21)20-9-5-18(2)6-10-20/h3-10,22-23H,11-16,21H2,1-2H3. The highest BCUT2D eigenvalue weighted by atomic mass is 15.2. The average Bonchev–Trinajstić information content (AvgIpc) is 2.59. The van der Waals surface area contributed by atoms with E-state index in [9.17, 15) is 0 Å². The van der Waals surface area contributed by atoms with Crippen LogP contribution in [0.15, 0.2) is 48.5 Å². The zero-order chi connectivity index (χ0) is 17.2. The maximum atomic E-state index is 5.54. The summed E-state index contributed by atoms with van der Waals surface area (Å²) < 4.78 is 0. The molecule has 0 heterocycles. The highest BCUT2D eigenvalue weighted by molar-refractivity contribution is 5.49. The normalized spacial score (nSPS) is 10.6. The van der Waals surface area contributed by atoms with Gasteiger partial charge in [0.1, 0.15) is 0 Å². The van der Waals surface area contributed by atoms with Gasteiger partial charge in [-0.2, -0.15) is 0 Å². The lowest BCUT2D eigenvalue weighted by molar-refractivity contribution is 0.665. The van der Waals surface area contributed by atoms with Crippen LogP contribution in [-0.2, 0) is 0 Å². The Morgan fingerprint density at radius 2 is 1.38 bits per heavy atom. The second-order valence-corrected chi connectivity index (χ2v) is 6.15. The van der Waals surface area contributed by atoms with Gasteiger partial charge in [0.05, 0.1) is 0 Å². The molecule has 0 aliphatic heterocycles. The summed E-state index contributed by atoms with van der Waals surface area (Å²) in [4.78, 5) is 2.41. The molecule has 24 heavy (non-hydrogen) atoms. The predicted octanol–water partition coefficient (Wildman–Crippen LogP) is 2.77. The number of nitrogens with one attached hydrogen (secondary N) is 2. The molecule has 2 rings (SSSR count). The Labute approximate surface area is 146 Å². The number of benzene rings is 2. The Morgan fingerprint density at radius 3 is 2.00 bits per heavy atom. The Balaban J connectivity index is 1.89. The van der Waals surface area contributed by atoms with Crippen molar-refractivity contribution in [3.63, 3.8) is 0 Å². The second-order valence-electron chi connectivity index (χ2n) is 6.15. The van der Waals surface area contributed by atoms with E-state index in [1.807, 2.05) is 0 Å². The van der Waals surface area contributed by atoms with Crippen LogP contribution in [-0.4, -0.2) is 39.3 Å². The van der Waals surface area contributed by atoms with E-state index in [0.29, 0.717) is 6.54 Å². The molecule has 2 aromatic carbocycles. The molecule has 2 aromatic rings. The number of rotatable bonds is 10. The Bertz CT molecular complexity index is 578. The minimum absolute atomic E-state index is 0.680. The van der Waals surface area contributed by atoms with E-state index in [1.165, 1.54) is 22.5 Å². The molecule has 0 aliphatic rings. The van der Waals surface area contributed by atoms with Crippen molar-refractivity contribution in [1.29, 1.82) is 0 Å². The lowest BCUT2D eigenvalue weighted by atomic mass is 10.2. The van der Waals surface area contributed by atoms with Crippen LogP contribution in [0.3, 0.4) is 0 Å². The van der Waals surface area contributed by atoms with Gasteiger partial charge in [-0.05, 0) is 38.1 Å². The number of hydrogen-bond donors (Lipinski definition) is 3. The second kappa shape index (κ2) is 9.96. The number of nitrogens with two attached hydrogens (primary N) is 1. The van der Waals surface area contributed by atoms with Crippen LogP contribution in [0.2, 0.25) is 0 Å². The highest BCUT2D eigenvalue weighted by Crippen LogP contribution is 2.15. The van der Waals surface area contributed by atoms with Crippen LogP contribution >= 0.6 is 0 Å². The van der Waals surface area contributed by atoms with Crippen molar-refractivity contribution in [2.75, 3.05) is 49.5 Å². The Kier molecular flexibility index (Phi) is 7.59. The Morgan fingerprint density at radius 1 is 0.792 bits per heavy atom. The molecule has 0 unspecified atom stereocenters.